The first kappa shape index (κ1) is 24.1. The molecular formula is C22H25F2N4O5P. The van der Waals surface area contributed by atoms with Crippen molar-refractivity contribution in [2.45, 2.75) is 19.6 Å². The molecule has 0 bridgehead atoms. The molecule has 2 fully saturated rings. The van der Waals surface area contributed by atoms with Gasteiger partial charge in [0.05, 0.1) is 31.1 Å². The van der Waals surface area contributed by atoms with Crippen molar-refractivity contribution in [1.82, 2.24) is 10.3 Å². The molecule has 12 heteroatoms. The lowest BCUT2D eigenvalue weighted by atomic mass is 10.2. The van der Waals surface area contributed by atoms with Gasteiger partial charge in [-0.3, -0.25) is 19.2 Å². The van der Waals surface area contributed by atoms with Gasteiger partial charge in [-0.15, -0.1) is 0 Å². The zero-order valence-corrected chi connectivity index (χ0v) is 19.5. The summed E-state index contributed by atoms with van der Waals surface area (Å²) < 4.78 is 53.7. The molecule has 1 atom stereocenters. The number of aromatic nitrogens is 1. The van der Waals surface area contributed by atoms with E-state index in [0.29, 0.717) is 5.69 Å². The average molecular weight is 494 g/mol. The molecule has 2 amide bonds. The van der Waals surface area contributed by atoms with Gasteiger partial charge in [-0.25, -0.2) is 13.6 Å². The van der Waals surface area contributed by atoms with Crippen molar-refractivity contribution in [3.63, 3.8) is 0 Å². The van der Waals surface area contributed by atoms with Gasteiger partial charge in [-0.05, 0) is 12.1 Å². The number of carbonyl (C=O) groups excluding carboxylic acids is 2. The van der Waals surface area contributed by atoms with E-state index in [9.17, 15) is 22.9 Å². The normalized spacial score (nSPS) is 19.7. The van der Waals surface area contributed by atoms with Crippen LogP contribution in [0.15, 0.2) is 36.5 Å². The van der Waals surface area contributed by atoms with Crippen molar-refractivity contribution >= 4 is 30.7 Å². The van der Waals surface area contributed by atoms with Gasteiger partial charge in [0, 0.05) is 50.7 Å². The fraction of sp³-hybridized carbons (Fsp3) is 0.409. The predicted molar refractivity (Wildman–Crippen MR) is 121 cm³/mol. The van der Waals surface area contributed by atoms with E-state index in [2.05, 4.69) is 10.3 Å². The van der Waals surface area contributed by atoms with Gasteiger partial charge in [0.1, 0.15) is 11.8 Å². The van der Waals surface area contributed by atoms with E-state index >= 15 is 0 Å². The van der Waals surface area contributed by atoms with Crippen LogP contribution in [-0.4, -0.2) is 61.6 Å². The van der Waals surface area contributed by atoms with E-state index in [1.54, 1.807) is 18.3 Å². The minimum atomic E-state index is -2.95. The Labute approximate surface area is 195 Å². The van der Waals surface area contributed by atoms with Crippen LogP contribution in [0.25, 0.3) is 0 Å². The minimum Gasteiger partial charge on any atom is -0.442 e. The zero-order valence-electron chi connectivity index (χ0n) is 18.6. The standard InChI is InChI=1S/C22H25F2N4O5P/c1-15(29)26-12-18-13-28(22(30)33-18)17-10-19(23)21(20(24)11-17)27-6-8-34(31,9-7-27)32-14-16-4-2-3-5-25-16/h2-5,10-11,18H,6-9,12-14H2,1H3,(H,26,29)/t18-/m0/s1. The maximum absolute atomic E-state index is 15.0. The van der Waals surface area contributed by atoms with Gasteiger partial charge in [-0.1, -0.05) is 6.07 Å². The molecule has 4 rings (SSSR count). The summed E-state index contributed by atoms with van der Waals surface area (Å²) in [7, 11) is -2.95. The van der Waals surface area contributed by atoms with Gasteiger partial charge in [0.2, 0.25) is 13.3 Å². The van der Waals surface area contributed by atoms with Crippen molar-refractivity contribution in [1.29, 1.82) is 0 Å². The van der Waals surface area contributed by atoms with Crippen LogP contribution < -0.4 is 15.1 Å². The SMILES string of the molecule is CC(=O)NC[C@H]1CN(c2cc(F)c(N3CCP(=O)(OCc4ccccn4)CC3)c(F)c2)C(=O)O1. The number of anilines is 2. The first-order valence-electron chi connectivity index (χ1n) is 10.8. The third-order valence-corrected chi connectivity index (χ3v) is 8.04. The summed E-state index contributed by atoms with van der Waals surface area (Å²) in [5.74, 6) is -1.94. The number of hydrogen-bond donors (Lipinski definition) is 1. The quantitative estimate of drug-likeness (QED) is 0.591. The average Bonchev–Trinajstić information content (AvgIpc) is 3.18. The lowest BCUT2D eigenvalue weighted by Crippen LogP contribution is -2.36. The molecule has 0 spiro atoms. The monoisotopic (exact) mass is 494 g/mol. The highest BCUT2D eigenvalue weighted by molar-refractivity contribution is 7.59. The van der Waals surface area contributed by atoms with Gasteiger partial charge in [0.15, 0.2) is 11.6 Å². The van der Waals surface area contributed by atoms with Crippen LogP contribution in [0.1, 0.15) is 12.6 Å². The summed E-state index contributed by atoms with van der Waals surface area (Å²) in [5, 5.41) is 2.55. The summed E-state index contributed by atoms with van der Waals surface area (Å²) in [4.78, 5) is 30.0. The largest absolute Gasteiger partial charge is 0.442 e. The van der Waals surface area contributed by atoms with E-state index in [4.69, 9.17) is 9.26 Å². The first-order chi connectivity index (χ1) is 16.2. The van der Waals surface area contributed by atoms with Crippen molar-refractivity contribution < 1.29 is 32.2 Å². The van der Waals surface area contributed by atoms with Crippen molar-refractivity contribution in [3.05, 3.63) is 53.9 Å². The number of pyridine rings is 1. The molecule has 0 aliphatic carbocycles. The van der Waals surface area contributed by atoms with Crippen LogP contribution in [0.2, 0.25) is 0 Å². The smallest absolute Gasteiger partial charge is 0.414 e. The van der Waals surface area contributed by atoms with Crippen LogP contribution in [0.4, 0.5) is 25.0 Å². The van der Waals surface area contributed by atoms with E-state index < -0.39 is 31.2 Å². The molecule has 1 N–H and O–H groups in total. The lowest BCUT2D eigenvalue weighted by molar-refractivity contribution is -0.119. The highest BCUT2D eigenvalue weighted by atomic mass is 31.2. The number of ether oxygens (including phenoxy) is 1. The zero-order chi connectivity index (χ0) is 24.3. The Morgan fingerprint density at radius 3 is 2.59 bits per heavy atom. The number of halogens is 2. The summed E-state index contributed by atoms with van der Waals surface area (Å²) in [6.45, 7) is 1.94. The number of hydrogen-bond acceptors (Lipinski definition) is 7. The van der Waals surface area contributed by atoms with Crippen LogP contribution in [0.5, 0.6) is 0 Å². The Balaban J connectivity index is 1.39. The molecule has 1 aromatic carbocycles. The summed E-state index contributed by atoms with van der Waals surface area (Å²) in [6, 6.07) is 7.51. The summed E-state index contributed by atoms with van der Waals surface area (Å²) >= 11 is 0. The van der Waals surface area contributed by atoms with E-state index in [0.717, 1.165) is 17.0 Å². The van der Waals surface area contributed by atoms with Crippen LogP contribution in [0.3, 0.4) is 0 Å². The maximum Gasteiger partial charge on any atom is 0.414 e. The molecule has 2 aromatic rings. The molecule has 2 aliphatic rings. The lowest BCUT2D eigenvalue weighted by Gasteiger charge is -2.34. The Morgan fingerprint density at radius 2 is 1.97 bits per heavy atom. The predicted octanol–water partition coefficient (Wildman–Crippen LogP) is 3.14. The first-order valence-corrected chi connectivity index (χ1v) is 12.8. The van der Waals surface area contributed by atoms with Crippen LogP contribution in [0, 0.1) is 11.6 Å². The van der Waals surface area contributed by atoms with Gasteiger partial charge >= 0.3 is 6.09 Å². The highest BCUT2D eigenvalue weighted by Gasteiger charge is 2.35. The highest BCUT2D eigenvalue weighted by Crippen LogP contribution is 2.50. The van der Waals surface area contributed by atoms with Crippen LogP contribution >= 0.6 is 7.37 Å². The fourth-order valence-electron chi connectivity index (χ4n) is 3.90. The number of rotatable bonds is 7. The summed E-state index contributed by atoms with van der Waals surface area (Å²) in [6.07, 6.45) is 0.570. The number of nitrogens with one attached hydrogen (secondary N) is 1. The van der Waals surface area contributed by atoms with Crippen molar-refractivity contribution in [2.75, 3.05) is 48.3 Å². The molecular weight excluding hydrogens is 469 g/mol. The molecule has 0 saturated carbocycles. The molecule has 0 radical (unpaired) electrons. The Morgan fingerprint density at radius 1 is 1.26 bits per heavy atom. The second-order valence-corrected chi connectivity index (χ2v) is 10.9. The maximum atomic E-state index is 15.0. The molecule has 182 valence electrons. The minimum absolute atomic E-state index is 0.0236. The second-order valence-electron chi connectivity index (χ2n) is 8.15. The van der Waals surface area contributed by atoms with Crippen LogP contribution in [-0.2, 0) is 25.2 Å². The Hall–Kier alpha value is -3.04. The fourth-order valence-corrected chi connectivity index (χ4v) is 5.84. The van der Waals surface area contributed by atoms with E-state index in [1.165, 1.54) is 11.8 Å². The number of amides is 2. The Kier molecular flexibility index (Phi) is 7.13. The number of nitrogens with zero attached hydrogens (tertiary/aromatic N) is 3. The molecule has 3 heterocycles. The van der Waals surface area contributed by atoms with Gasteiger partial charge in [0.25, 0.3) is 0 Å². The molecule has 1 aromatic heterocycles. The molecule has 0 unspecified atom stereocenters. The van der Waals surface area contributed by atoms with Crippen molar-refractivity contribution in [2.24, 2.45) is 0 Å². The number of carbonyl (C=O) groups is 2. The molecule has 2 saturated heterocycles. The van der Waals surface area contributed by atoms with Gasteiger partial charge in [-0.2, -0.15) is 0 Å². The topological polar surface area (TPSA) is 101 Å². The summed E-state index contributed by atoms with van der Waals surface area (Å²) in [5.41, 5.74) is 0.449. The van der Waals surface area contributed by atoms with E-state index in [-0.39, 0.29) is 62.4 Å². The number of cyclic esters (lactones) is 1. The second kappa shape index (κ2) is 10.1. The molecule has 34 heavy (non-hydrogen) atoms. The Bertz CT molecular complexity index is 1080. The van der Waals surface area contributed by atoms with Gasteiger partial charge < -0.3 is 19.5 Å². The third kappa shape index (κ3) is 5.53. The van der Waals surface area contributed by atoms with E-state index in [1.807, 2.05) is 6.07 Å². The molecule has 9 nitrogen and oxygen atoms in total. The number of benzene rings is 1. The third-order valence-electron chi connectivity index (χ3n) is 5.68. The molecule has 2 aliphatic heterocycles. The van der Waals surface area contributed by atoms with Crippen molar-refractivity contribution in [3.8, 4) is 0 Å².